The fourth-order valence-electron chi connectivity index (χ4n) is 2.03. The zero-order valence-corrected chi connectivity index (χ0v) is 13.5. The fourth-order valence-corrected chi connectivity index (χ4v) is 2.03. The van der Waals surface area contributed by atoms with E-state index in [4.69, 9.17) is 0 Å². The lowest BCUT2D eigenvalue weighted by Crippen LogP contribution is -2.36. The van der Waals surface area contributed by atoms with Crippen molar-refractivity contribution in [3.63, 3.8) is 0 Å². The monoisotopic (exact) mass is 290 g/mol. The third-order valence-electron chi connectivity index (χ3n) is 3.70. The molecule has 0 aliphatic heterocycles. The van der Waals surface area contributed by atoms with Crippen molar-refractivity contribution in [1.82, 2.24) is 10.2 Å². The summed E-state index contributed by atoms with van der Waals surface area (Å²) in [7, 11) is 0. The van der Waals surface area contributed by atoms with Crippen LogP contribution in [0.1, 0.15) is 44.7 Å². The Morgan fingerprint density at radius 2 is 1.95 bits per heavy atom. The van der Waals surface area contributed by atoms with Crippen LogP contribution in [0.15, 0.2) is 24.3 Å². The van der Waals surface area contributed by atoms with E-state index in [1.54, 1.807) is 11.8 Å². The molecule has 1 aromatic rings. The van der Waals surface area contributed by atoms with E-state index in [9.17, 15) is 9.59 Å². The third kappa shape index (κ3) is 5.98. The molecule has 1 unspecified atom stereocenters. The number of nitrogens with one attached hydrogen (secondary N) is 1. The van der Waals surface area contributed by atoms with Gasteiger partial charge >= 0.3 is 0 Å². The highest BCUT2D eigenvalue weighted by molar-refractivity contribution is 5.78. The number of hydrogen-bond acceptors (Lipinski definition) is 2. The van der Waals surface area contributed by atoms with Crippen LogP contribution in [0.25, 0.3) is 0 Å². The van der Waals surface area contributed by atoms with Crippen LogP contribution in [0.2, 0.25) is 0 Å². The number of rotatable bonds is 7. The van der Waals surface area contributed by atoms with E-state index in [1.165, 1.54) is 0 Å². The Hall–Kier alpha value is -1.84. The molecule has 21 heavy (non-hydrogen) atoms. The van der Waals surface area contributed by atoms with Crippen LogP contribution in [-0.4, -0.2) is 29.3 Å². The van der Waals surface area contributed by atoms with Crippen LogP contribution >= 0.6 is 0 Å². The first-order valence-electron chi connectivity index (χ1n) is 7.53. The van der Waals surface area contributed by atoms with Gasteiger partial charge in [-0.3, -0.25) is 9.59 Å². The number of amides is 2. The molecule has 4 nitrogen and oxygen atoms in total. The van der Waals surface area contributed by atoms with Crippen LogP contribution in [-0.2, 0) is 16.1 Å². The van der Waals surface area contributed by atoms with Gasteiger partial charge in [0.1, 0.15) is 0 Å². The van der Waals surface area contributed by atoms with E-state index in [-0.39, 0.29) is 17.9 Å². The maximum atomic E-state index is 11.8. The van der Waals surface area contributed by atoms with Gasteiger partial charge in [0.25, 0.3) is 0 Å². The van der Waals surface area contributed by atoms with Crippen molar-refractivity contribution in [2.24, 2.45) is 0 Å². The van der Waals surface area contributed by atoms with Gasteiger partial charge in [0.2, 0.25) is 11.8 Å². The minimum absolute atomic E-state index is 0.000355. The topological polar surface area (TPSA) is 49.4 Å². The average molecular weight is 290 g/mol. The Labute approximate surface area is 127 Å². The number of hydrogen-bond donors (Lipinski definition) is 1. The highest BCUT2D eigenvalue weighted by atomic mass is 16.2. The SMILES string of the molecule is CCC(C)NC(=O)CCN(Cc1ccccc1C)C(C)=O. The minimum Gasteiger partial charge on any atom is -0.354 e. The summed E-state index contributed by atoms with van der Waals surface area (Å²) in [6, 6.07) is 8.18. The normalized spacial score (nSPS) is 11.8. The molecular formula is C17H26N2O2. The second-order valence-corrected chi connectivity index (χ2v) is 5.49. The van der Waals surface area contributed by atoms with Crippen LogP contribution in [0.3, 0.4) is 0 Å². The van der Waals surface area contributed by atoms with Crippen molar-refractivity contribution < 1.29 is 9.59 Å². The van der Waals surface area contributed by atoms with Gasteiger partial charge in [-0.2, -0.15) is 0 Å². The Kier molecular flexibility index (Phi) is 6.92. The van der Waals surface area contributed by atoms with E-state index in [0.717, 1.165) is 17.5 Å². The lowest BCUT2D eigenvalue weighted by Gasteiger charge is -2.22. The molecule has 116 valence electrons. The molecule has 0 aromatic heterocycles. The predicted octanol–water partition coefficient (Wildman–Crippen LogP) is 2.65. The standard InChI is InChI=1S/C17H26N2O2/c1-5-14(3)18-17(21)10-11-19(15(4)20)12-16-9-7-6-8-13(16)2/h6-9,14H,5,10-12H2,1-4H3,(H,18,21). The van der Waals surface area contributed by atoms with Gasteiger partial charge in [-0.1, -0.05) is 31.2 Å². The summed E-state index contributed by atoms with van der Waals surface area (Å²) in [5, 5.41) is 2.92. The Bertz CT molecular complexity index is 485. The smallest absolute Gasteiger partial charge is 0.221 e. The third-order valence-corrected chi connectivity index (χ3v) is 3.70. The lowest BCUT2D eigenvalue weighted by atomic mass is 10.1. The van der Waals surface area contributed by atoms with Crippen molar-refractivity contribution in [2.45, 2.75) is 53.1 Å². The van der Waals surface area contributed by atoms with Gasteiger partial charge in [0.05, 0.1) is 0 Å². The summed E-state index contributed by atoms with van der Waals surface area (Å²) in [5.74, 6) is -0.00465. The first-order valence-corrected chi connectivity index (χ1v) is 7.53. The molecule has 1 atom stereocenters. The number of carbonyl (C=O) groups is 2. The maximum Gasteiger partial charge on any atom is 0.221 e. The molecule has 0 bridgehead atoms. The predicted molar refractivity (Wildman–Crippen MR) is 84.8 cm³/mol. The molecular weight excluding hydrogens is 264 g/mol. The molecule has 1 N–H and O–H groups in total. The average Bonchev–Trinajstić information content (AvgIpc) is 2.44. The molecule has 0 aliphatic carbocycles. The van der Waals surface area contributed by atoms with Gasteiger partial charge in [0.15, 0.2) is 0 Å². The zero-order valence-electron chi connectivity index (χ0n) is 13.5. The Balaban J connectivity index is 2.57. The van der Waals surface area contributed by atoms with Crippen LogP contribution in [0.5, 0.6) is 0 Å². The molecule has 0 radical (unpaired) electrons. The number of aryl methyl sites for hydroxylation is 1. The molecule has 2 amide bonds. The number of benzene rings is 1. The van der Waals surface area contributed by atoms with Gasteiger partial charge in [-0.25, -0.2) is 0 Å². The summed E-state index contributed by atoms with van der Waals surface area (Å²) in [4.78, 5) is 25.3. The molecule has 1 aromatic carbocycles. The number of nitrogens with zero attached hydrogens (tertiary/aromatic N) is 1. The molecule has 0 saturated carbocycles. The van der Waals surface area contributed by atoms with Crippen LogP contribution in [0.4, 0.5) is 0 Å². The van der Waals surface area contributed by atoms with E-state index in [2.05, 4.69) is 5.32 Å². The van der Waals surface area contributed by atoms with Gasteiger partial charge in [-0.15, -0.1) is 0 Å². The fraction of sp³-hybridized carbons (Fsp3) is 0.529. The molecule has 0 aliphatic rings. The minimum atomic E-state index is -0.00501. The summed E-state index contributed by atoms with van der Waals surface area (Å²) in [6.07, 6.45) is 1.25. The van der Waals surface area contributed by atoms with Crippen molar-refractivity contribution in [3.8, 4) is 0 Å². The first-order chi connectivity index (χ1) is 9.93. The molecule has 1 rings (SSSR count). The second-order valence-electron chi connectivity index (χ2n) is 5.49. The highest BCUT2D eigenvalue weighted by Gasteiger charge is 2.13. The molecule has 0 spiro atoms. The van der Waals surface area contributed by atoms with Gasteiger partial charge < -0.3 is 10.2 Å². The number of carbonyl (C=O) groups excluding carboxylic acids is 2. The van der Waals surface area contributed by atoms with Gasteiger partial charge in [-0.05, 0) is 31.4 Å². The quantitative estimate of drug-likeness (QED) is 0.839. The van der Waals surface area contributed by atoms with Crippen LogP contribution < -0.4 is 5.32 Å². The molecule has 0 saturated heterocycles. The zero-order chi connectivity index (χ0) is 15.8. The van der Waals surface area contributed by atoms with Crippen molar-refractivity contribution >= 4 is 11.8 Å². The summed E-state index contributed by atoms with van der Waals surface area (Å²) in [5.41, 5.74) is 2.28. The van der Waals surface area contributed by atoms with Crippen molar-refractivity contribution in [2.75, 3.05) is 6.54 Å². The molecule has 0 fully saturated rings. The summed E-state index contributed by atoms with van der Waals surface area (Å²) in [6.45, 7) is 8.59. The molecule has 0 heterocycles. The second kappa shape index (κ2) is 8.45. The van der Waals surface area contributed by atoms with Crippen molar-refractivity contribution in [1.29, 1.82) is 0 Å². The van der Waals surface area contributed by atoms with Crippen LogP contribution in [0, 0.1) is 6.92 Å². The van der Waals surface area contributed by atoms with Gasteiger partial charge in [0, 0.05) is 32.5 Å². The Morgan fingerprint density at radius 1 is 1.29 bits per heavy atom. The van der Waals surface area contributed by atoms with E-state index in [1.807, 2.05) is 45.0 Å². The lowest BCUT2D eigenvalue weighted by molar-refractivity contribution is -0.130. The van der Waals surface area contributed by atoms with E-state index < -0.39 is 0 Å². The van der Waals surface area contributed by atoms with Crippen molar-refractivity contribution in [3.05, 3.63) is 35.4 Å². The Morgan fingerprint density at radius 3 is 2.52 bits per heavy atom. The molecule has 4 heteroatoms. The largest absolute Gasteiger partial charge is 0.354 e. The summed E-state index contributed by atoms with van der Waals surface area (Å²) >= 11 is 0. The highest BCUT2D eigenvalue weighted by Crippen LogP contribution is 2.11. The maximum absolute atomic E-state index is 11.8. The first kappa shape index (κ1) is 17.2. The van der Waals surface area contributed by atoms with E-state index >= 15 is 0 Å². The van der Waals surface area contributed by atoms with E-state index in [0.29, 0.717) is 19.5 Å². The summed E-state index contributed by atoms with van der Waals surface area (Å²) < 4.78 is 0.